The van der Waals surface area contributed by atoms with Crippen LogP contribution >= 0.6 is 24.0 Å². The minimum absolute atomic E-state index is 0. The summed E-state index contributed by atoms with van der Waals surface area (Å²) in [5.41, 5.74) is 2.45. The van der Waals surface area contributed by atoms with Crippen molar-refractivity contribution in [3.63, 3.8) is 0 Å². The van der Waals surface area contributed by atoms with Crippen molar-refractivity contribution in [1.82, 2.24) is 15.5 Å². The number of hydrogen-bond donors (Lipinski definition) is 2. The quantitative estimate of drug-likeness (QED) is 0.336. The van der Waals surface area contributed by atoms with Gasteiger partial charge in [-0.15, -0.1) is 24.0 Å². The van der Waals surface area contributed by atoms with Gasteiger partial charge in [-0.1, -0.05) is 12.1 Å². The third-order valence-corrected chi connectivity index (χ3v) is 5.83. The Morgan fingerprint density at radius 1 is 1.03 bits per heavy atom. The molecule has 2 aromatic carbocycles. The topological polar surface area (TPSA) is 63.2 Å². The summed E-state index contributed by atoms with van der Waals surface area (Å²) in [7, 11) is 1.74. The zero-order valence-electron chi connectivity index (χ0n) is 18.6. The molecular weight excluding hydrogens is 541 g/mol. The highest BCUT2D eigenvalue weighted by atomic mass is 127. The van der Waals surface area contributed by atoms with E-state index >= 15 is 0 Å². The van der Waals surface area contributed by atoms with Crippen LogP contribution in [0.15, 0.2) is 47.5 Å². The first-order valence-corrected chi connectivity index (χ1v) is 10.8. The van der Waals surface area contributed by atoms with Crippen LogP contribution in [0, 0.1) is 11.6 Å². The van der Waals surface area contributed by atoms with Crippen molar-refractivity contribution < 1.29 is 13.6 Å². The van der Waals surface area contributed by atoms with E-state index in [0.717, 1.165) is 29.8 Å². The number of carbonyl (C=O) groups excluding carboxylic acids is 1. The summed E-state index contributed by atoms with van der Waals surface area (Å²) in [5.74, 6) is -0.0148. The molecule has 7 nitrogen and oxygen atoms in total. The molecule has 0 atom stereocenters. The van der Waals surface area contributed by atoms with E-state index in [9.17, 15) is 13.6 Å². The molecule has 0 aliphatic carbocycles. The van der Waals surface area contributed by atoms with Gasteiger partial charge in [-0.3, -0.25) is 9.79 Å². The molecule has 0 radical (unpaired) electrons. The Labute approximate surface area is 209 Å². The van der Waals surface area contributed by atoms with Gasteiger partial charge in [0, 0.05) is 64.6 Å². The number of anilines is 2. The van der Waals surface area contributed by atoms with Crippen molar-refractivity contribution in [2.75, 3.05) is 62.7 Å². The van der Waals surface area contributed by atoms with Crippen molar-refractivity contribution in [2.45, 2.75) is 6.54 Å². The van der Waals surface area contributed by atoms with E-state index in [1.54, 1.807) is 7.05 Å². The van der Waals surface area contributed by atoms with Gasteiger partial charge in [0.1, 0.15) is 11.6 Å². The lowest BCUT2D eigenvalue weighted by Crippen LogP contribution is -2.52. The minimum Gasteiger partial charge on any atom is -0.366 e. The maximum atomic E-state index is 14.1. The molecule has 2 saturated heterocycles. The van der Waals surface area contributed by atoms with Crippen LogP contribution in [0.2, 0.25) is 0 Å². The number of carbonyl (C=O) groups is 1. The Balaban J connectivity index is 0.00000306. The molecule has 0 unspecified atom stereocenters. The summed E-state index contributed by atoms with van der Waals surface area (Å²) in [6.07, 6.45) is 0. The highest BCUT2D eigenvalue weighted by molar-refractivity contribution is 14.0. The van der Waals surface area contributed by atoms with Gasteiger partial charge in [0.15, 0.2) is 5.96 Å². The standard InChI is InChI=1S/C23H28F2N6O.HI/c1-26-23(30-12-10-29(11-13-30)21-14-18(24)4-7-20(21)25)28-15-17-2-5-19(6-3-17)31-9-8-27-22(32)16-31;/h2-7,14H,8-13,15-16H2,1H3,(H,26,28)(H,27,32);1H. The molecule has 2 aromatic rings. The Kier molecular flexibility index (Phi) is 8.70. The van der Waals surface area contributed by atoms with Crippen LogP contribution in [0.5, 0.6) is 0 Å². The van der Waals surface area contributed by atoms with Crippen LogP contribution in [0.4, 0.5) is 20.2 Å². The summed E-state index contributed by atoms with van der Waals surface area (Å²) in [5, 5.41) is 6.22. The molecule has 1 amide bonds. The number of hydrogen-bond acceptors (Lipinski definition) is 4. The third-order valence-electron chi connectivity index (χ3n) is 5.83. The van der Waals surface area contributed by atoms with Gasteiger partial charge < -0.3 is 25.3 Å². The van der Waals surface area contributed by atoms with E-state index in [-0.39, 0.29) is 29.9 Å². The predicted molar refractivity (Wildman–Crippen MR) is 137 cm³/mol. The Bertz CT molecular complexity index is 979. The molecular formula is C23H29F2IN6O. The fraction of sp³-hybridized carbons (Fsp3) is 0.391. The summed E-state index contributed by atoms with van der Waals surface area (Å²) in [6.45, 7) is 4.95. The summed E-state index contributed by atoms with van der Waals surface area (Å²) < 4.78 is 27.6. The van der Waals surface area contributed by atoms with Crippen molar-refractivity contribution in [3.05, 3.63) is 59.7 Å². The molecule has 0 spiro atoms. The molecule has 2 aliphatic heterocycles. The maximum absolute atomic E-state index is 14.1. The Morgan fingerprint density at radius 3 is 2.42 bits per heavy atom. The molecule has 178 valence electrons. The largest absolute Gasteiger partial charge is 0.366 e. The fourth-order valence-corrected chi connectivity index (χ4v) is 4.08. The first-order chi connectivity index (χ1) is 15.5. The number of rotatable bonds is 4. The normalized spacial score (nSPS) is 16.9. The SMILES string of the molecule is CN=C(NCc1ccc(N2CCNC(=O)C2)cc1)N1CCN(c2cc(F)ccc2F)CC1.I. The number of amides is 1. The van der Waals surface area contributed by atoms with Crippen LogP contribution < -0.4 is 20.4 Å². The second-order valence-electron chi connectivity index (χ2n) is 7.91. The predicted octanol–water partition coefficient (Wildman–Crippen LogP) is 2.42. The summed E-state index contributed by atoms with van der Waals surface area (Å²) in [4.78, 5) is 22.0. The molecule has 0 bridgehead atoms. The van der Waals surface area contributed by atoms with Crippen LogP contribution in [-0.4, -0.2) is 69.6 Å². The number of benzene rings is 2. The van der Waals surface area contributed by atoms with Crippen molar-refractivity contribution in [3.8, 4) is 0 Å². The summed E-state index contributed by atoms with van der Waals surface area (Å²) >= 11 is 0. The van der Waals surface area contributed by atoms with Crippen molar-refractivity contribution in [1.29, 1.82) is 0 Å². The first kappa shape index (κ1) is 25.0. The second-order valence-corrected chi connectivity index (χ2v) is 7.91. The molecule has 2 N–H and O–H groups in total. The summed E-state index contributed by atoms with van der Waals surface area (Å²) in [6, 6.07) is 11.7. The molecule has 2 heterocycles. The van der Waals surface area contributed by atoms with Crippen LogP contribution in [0.25, 0.3) is 0 Å². The van der Waals surface area contributed by atoms with Crippen LogP contribution in [0.3, 0.4) is 0 Å². The zero-order chi connectivity index (χ0) is 22.5. The van der Waals surface area contributed by atoms with E-state index in [2.05, 4.69) is 25.4 Å². The smallest absolute Gasteiger partial charge is 0.239 e. The maximum Gasteiger partial charge on any atom is 0.239 e. The lowest BCUT2D eigenvalue weighted by molar-refractivity contribution is -0.120. The molecule has 4 rings (SSSR count). The van der Waals surface area contributed by atoms with Crippen molar-refractivity contribution >= 4 is 47.2 Å². The van der Waals surface area contributed by atoms with Gasteiger partial charge in [0.2, 0.25) is 5.91 Å². The van der Waals surface area contributed by atoms with Gasteiger partial charge >= 0.3 is 0 Å². The number of nitrogens with one attached hydrogen (secondary N) is 2. The van der Waals surface area contributed by atoms with E-state index in [0.29, 0.717) is 51.5 Å². The van der Waals surface area contributed by atoms with E-state index in [4.69, 9.17) is 0 Å². The molecule has 10 heteroatoms. The minimum atomic E-state index is -0.434. The van der Waals surface area contributed by atoms with Crippen molar-refractivity contribution in [2.24, 2.45) is 4.99 Å². The van der Waals surface area contributed by atoms with E-state index in [1.165, 1.54) is 12.1 Å². The van der Waals surface area contributed by atoms with Crippen LogP contribution in [-0.2, 0) is 11.3 Å². The molecule has 33 heavy (non-hydrogen) atoms. The average Bonchev–Trinajstić information content (AvgIpc) is 2.82. The highest BCUT2D eigenvalue weighted by Gasteiger charge is 2.22. The van der Waals surface area contributed by atoms with E-state index < -0.39 is 11.6 Å². The molecule has 0 aromatic heterocycles. The van der Waals surface area contributed by atoms with Gasteiger partial charge in [-0.05, 0) is 29.8 Å². The monoisotopic (exact) mass is 570 g/mol. The van der Waals surface area contributed by atoms with Gasteiger partial charge in [-0.25, -0.2) is 8.78 Å². The van der Waals surface area contributed by atoms with Gasteiger partial charge in [0.25, 0.3) is 0 Å². The highest BCUT2D eigenvalue weighted by Crippen LogP contribution is 2.22. The number of aliphatic imine (C=N–C) groups is 1. The zero-order valence-corrected chi connectivity index (χ0v) is 20.9. The Morgan fingerprint density at radius 2 is 1.76 bits per heavy atom. The fourth-order valence-electron chi connectivity index (χ4n) is 4.08. The number of halogens is 3. The second kappa shape index (κ2) is 11.5. The molecule has 2 fully saturated rings. The number of piperazine rings is 2. The lowest BCUT2D eigenvalue weighted by Gasteiger charge is -2.37. The van der Waals surface area contributed by atoms with E-state index in [1.807, 2.05) is 29.2 Å². The number of guanidine groups is 1. The average molecular weight is 570 g/mol. The number of nitrogens with zero attached hydrogens (tertiary/aromatic N) is 4. The molecule has 0 saturated carbocycles. The first-order valence-electron chi connectivity index (χ1n) is 10.8. The van der Waals surface area contributed by atoms with Gasteiger partial charge in [-0.2, -0.15) is 0 Å². The third kappa shape index (κ3) is 6.24. The lowest BCUT2D eigenvalue weighted by atomic mass is 10.2. The molecule has 2 aliphatic rings. The van der Waals surface area contributed by atoms with Crippen LogP contribution in [0.1, 0.15) is 5.56 Å². The van der Waals surface area contributed by atoms with Gasteiger partial charge in [0.05, 0.1) is 12.2 Å². The Hall–Kier alpha value is -2.63.